The monoisotopic (exact) mass is 273 g/mol. The zero-order valence-electron chi connectivity index (χ0n) is 11.8. The van der Waals surface area contributed by atoms with Crippen LogP contribution in [-0.4, -0.2) is 32.9 Å². The van der Waals surface area contributed by atoms with Gasteiger partial charge in [-0.25, -0.2) is 4.79 Å². The number of carbonyl (C=O) groups is 1. The average molecular weight is 273 g/mol. The van der Waals surface area contributed by atoms with Gasteiger partial charge in [-0.2, -0.15) is 0 Å². The molecule has 1 fully saturated rings. The molecule has 1 saturated heterocycles. The normalized spacial score (nSPS) is 23.2. The third kappa shape index (κ3) is 2.13. The lowest BCUT2D eigenvalue weighted by atomic mass is 9.96. The topological polar surface area (TPSA) is 69.0 Å². The summed E-state index contributed by atoms with van der Waals surface area (Å²) >= 11 is 0. The van der Waals surface area contributed by atoms with E-state index in [0.29, 0.717) is 11.1 Å². The number of rotatable bonds is 1. The van der Waals surface area contributed by atoms with Crippen LogP contribution in [0.25, 0.3) is 11.0 Å². The summed E-state index contributed by atoms with van der Waals surface area (Å²) in [4.78, 5) is 31.3. The number of aromatic nitrogens is 2. The molecule has 0 aliphatic carbocycles. The quantitative estimate of drug-likeness (QED) is 0.836. The van der Waals surface area contributed by atoms with E-state index in [1.807, 2.05) is 4.90 Å². The molecule has 1 amide bonds. The number of fused-ring (bicyclic) bond motifs is 1. The molecule has 20 heavy (non-hydrogen) atoms. The first-order valence-electron chi connectivity index (χ1n) is 7.11. The molecule has 2 aromatic rings. The highest BCUT2D eigenvalue weighted by molar-refractivity contribution is 5.97. The molecule has 2 N–H and O–H groups in total. The SMILES string of the molecule is CC1CCCC(C)N1C(=O)c1ccc2[nH]c(=O)[nH]c2c1. The minimum atomic E-state index is -0.246. The van der Waals surface area contributed by atoms with Crippen molar-refractivity contribution in [2.24, 2.45) is 0 Å². The van der Waals surface area contributed by atoms with Crippen molar-refractivity contribution < 1.29 is 4.79 Å². The summed E-state index contributed by atoms with van der Waals surface area (Å²) in [5.74, 6) is 0.0497. The van der Waals surface area contributed by atoms with Crippen LogP contribution in [0, 0.1) is 0 Å². The second-order valence-corrected chi connectivity index (χ2v) is 5.68. The Morgan fingerprint density at radius 1 is 1.15 bits per heavy atom. The summed E-state index contributed by atoms with van der Waals surface area (Å²) in [6, 6.07) is 5.85. The van der Waals surface area contributed by atoms with E-state index in [0.717, 1.165) is 18.4 Å². The molecule has 1 aliphatic heterocycles. The number of carbonyl (C=O) groups excluding carboxylic acids is 1. The van der Waals surface area contributed by atoms with Gasteiger partial charge in [0.05, 0.1) is 11.0 Å². The molecule has 1 aromatic carbocycles. The Balaban J connectivity index is 1.96. The molecule has 2 atom stereocenters. The van der Waals surface area contributed by atoms with Crippen LogP contribution in [0.4, 0.5) is 0 Å². The molecule has 5 nitrogen and oxygen atoms in total. The summed E-state index contributed by atoms with van der Waals surface area (Å²) in [5, 5.41) is 0. The smallest absolute Gasteiger partial charge is 0.323 e. The lowest BCUT2D eigenvalue weighted by molar-refractivity contribution is 0.0511. The predicted octanol–water partition coefficient (Wildman–Crippen LogP) is 2.26. The Bertz CT molecular complexity index is 690. The van der Waals surface area contributed by atoms with E-state index in [2.05, 4.69) is 23.8 Å². The van der Waals surface area contributed by atoms with Gasteiger partial charge in [-0.05, 0) is 51.3 Å². The lowest BCUT2D eigenvalue weighted by Crippen LogP contribution is -2.47. The zero-order chi connectivity index (χ0) is 14.3. The highest BCUT2D eigenvalue weighted by Gasteiger charge is 2.29. The summed E-state index contributed by atoms with van der Waals surface area (Å²) in [6.07, 6.45) is 3.29. The molecule has 2 unspecified atom stereocenters. The predicted molar refractivity (Wildman–Crippen MR) is 77.9 cm³/mol. The maximum atomic E-state index is 12.7. The van der Waals surface area contributed by atoms with Gasteiger partial charge in [0.1, 0.15) is 0 Å². The molecular formula is C15H19N3O2. The first-order chi connectivity index (χ1) is 9.56. The molecule has 2 heterocycles. The number of nitrogens with one attached hydrogen (secondary N) is 2. The van der Waals surface area contributed by atoms with E-state index in [9.17, 15) is 9.59 Å². The van der Waals surface area contributed by atoms with E-state index >= 15 is 0 Å². The first-order valence-corrected chi connectivity index (χ1v) is 7.11. The summed E-state index contributed by atoms with van der Waals surface area (Å²) < 4.78 is 0. The van der Waals surface area contributed by atoms with Crippen LogP contribution in [0.15, 0.2) is 23.0 Å². The number of nitrogens with zero attached hydrogens (tertiary/aromatic N) is 1. The van der Waals surface area contributed by atoms with Crippen LogP contribution in [0.5, 0.6) is 0 Å². The Morgan fingerprint density at radius 3 is 2.50 bits per heavy atom. The molecule has 0 spiro atoms. The number of amides is 1. The average Bonchev–Trinajstić information content (AvgIpc) is 2.77. The summed E-state index contributed by atoms with van der Waals surface area (Å²) in [5.41, 5.74) is 1.79. The van der Waals surface area contributed by atoms with Gasteiger partial charge in [-0.15, -0.1) is 0 Å². The Hall–Kier alpha value is -2.04. The molecule has 1 aromatic heterocycles. The maximum absolute atomic E-state index is 12.7. The maximum Gasteiger partial charge on any atom is 0.323 e. The standard InChI is InChI=1S/C15H19N3O2/c1-9-4-3-5-10(2)18(9)14(19)11-6-7-12-13(8-11)17-15(20)16-12/h6-10H,3-5H2,1-2H3,(H2,16,17,20). The van der Waals surface area contributed by atoms with Crippen LogP contribution in [0.2, 0.25) is 0 Å². The van der Waals surface area contributed by atoms with Gasteiger partial charge in [0.25, 0.3) is 5.91 Å². The molecule has 3 rings (SSSR count). The molecule has 0 saturated carbocycles. The second kappa shape index (κ2) is 4.81. The number of aromatic amines is 2. The number of H-pyrrole nitrogens is 2. The van der Waals surface area contributed by atoms with E-state index in [4.69, 9.17) is 0 Å². The van der Waals surface area contributed by atoms with Crippen LogP contribution in [0.1, 0.15) is 43.5 Å². The number of imidazole rings is 1. The van der Waals surface area contributed by atoms with Crippen molar-refractivity contribution in [2.45, 2.75) is 45.2 Å². The Labute approximate surface area is 117 Å². The largest absolute Gasteiger partial charge is 0.333 e. The van der Waals surface area contributed by atoms with Crippen LogP contribution >= 0.6 is 0 Å². The van der Waals surface area contributed by atoms with E-state index < -0.39 is 0 Å². The van der Waals surface area contributed by atoms with Crippen molar-refractivity contribution in [3.05, 3.63) is 34.2 Å². The molecule has 1 aliphatic rings. The highest BCUT2D eigenvalue weighted by atomic mass is 16.2. The third-order valence-corrected chi connectivity index (χ3v) is 4.19. The van der Waals surface area contributed by atoms with Crippen molar-refractivity contribution in [3.63, 3.8) is 0 Å². The zero-order valence-corrected chi connectivity index (χ0v) is 11.8. The van der Waals surface area contributed by atoms with Crippen molar-refractivity contribution in [1.82, 2.24) is 14.9 Å². The van der Waals surface area contributed by atoms with Gasteiger partial charge >= 0.3 is 5.69 Å². The molecular weight excluding hydrogens is 254 g/mol. The number of piperidine rings is 1. The third-order valence-electron chi connectivity index (χ3n) is 4.19. The van der Waals surface area contributed by atoms with Crippen molar-refractivity contribution in [2.75, 3.05) is 0 Å². The van der Waals surface area contributed by atoms with Crippen LogP contribution < -0.4 is 5.69 Å². The fourth-order valence-electron chi connectivity index (χ4n) is 3.14. The summed E-state index contributed by atoms with van der Waals surface area (Å²) in [6.45, 7) is 4.20. The second-order valence-electron chi connectivity index (χ2n) is 5.68. The van der Waals surface area contributed by atoms with E-state index in [1.54, 1.807) is 18.2 Å². The Kier molecular flexibility index (Phi) is 3.12. The molecule has 0 bridgehead atoms. The van der Waals surface area contributed by atoms with Gasteiger partial charge in [0.2, 0.25) is 0 Å². The minimum Gasteiger partial charge on any atom is -0.333 e. The number of hydrogen-bond acceptors (Lipinski definition) is 2. The van der Waals surface area contributed by atoms with Gasteiger partial charge in [0.15, 0.2) is 0 Å². The van der Waals surface area contributed by atoms with Crippen molar-refractivity contribution in [1.29, 1.82) is 0 Å². The highest BCUT2D eigenvalue weighted by Crippen LogP contribution is 2.25. The first kappa shape index (κ1) is 13.0. The Morgan fingerprint density at radius 2 is 1.80 bits per heavy atom. The summed E-state index contributed by atoms with van der Waals surface area (Å²) in [7, 11) is 0. The van der Waals surface area contributed by atoms with Gasteiger partial charge in [0, 0.05) is 17.6 Å². The fourth-order valence-corrected chi connectivity index (χ4v) is 3.14. The van der Waals surface area contributed by atoms with E-state index in [-0.39, 0.29) is 23.7 Å². The number of hydrogen-bond donors (Lipinski definition) is 2. The van der Waals surface area contributed by atoms with Crippen molar-refractivity contribution in [3.8, 4) is 0 Å². The van der Waals surface area contributed by atoms with Gasteiger partial charge in [-0.3, -0.25) is 4.79 Å². The van der Waals surface area contributed by atoms with Crippen molar-refractivity contribution >= 4 is 16.9 Å². The number of benzene rings is 1. The molecule has 106 valence electrons. The minimum absolute atomic E-state index is 0.0497. The fraction of sp³-hybridized carbons (Fsp3) is 0.467. The van der Waals surface area contributed by atoms with Crippen LogP contribution in [-0.2, 0) is 0 Å². The lowest BCUT2D eigenvalue weighted by Gasteiger charge is -2.39. The number of likely N-dealkylation sites (tertiary alicyclic amines) is 1. The van der Waals surface area contributed by atoms with Gasteiger partial charge < -0.3 is 14.9 Å². The van der Waals surface area contributed by atoms with Crippen LogP contribution in [0.3, 0.4) is 0 Å². The molecule has 0 radical (unpaired) electrons. The van der Waals surface area contributed by atoms with Gasteiger partial charge in [-0.1, -0.05) is 0 Å². The molecule has 5 heteroatoms. The van der Waals surface area contributed by atoms with E-state index in [1.165, 1.54) is 6.42 Å².